The van der Waals surface area contributed by atoms with Crippen molar-refractivity contribution in [2.45, 2.75) is 354 Å². The van der Waals surface area contributed by atoms with Gasteiger partial charge in [-0.25, -0.2) is 0 Å². The first kappa shape index (κ1) is 76.6. The summed E-state index contributed by atoms with van der Waals surface area (Å²) in [5, 5.41) is 0. The van der Waals surface area contributed by atoms with Crippen LogP contribution in [0.15, 0.2) is 85.1 Å². The molecule has 0 bridgehead atoms. The van der Waals surface area contributed by atoms with Gasteiger partial charge in [0.2, 0.25) is 0 Å². The fourth-order valence-electron chi connectivity index (χ4n) is 10.0. The van der Waals surface area contributed by atoms with Gasteiger partial charge < -0.3 is 14.2 Å². The monoisotopic (exact) mass is 1110 g/mol. The van der Waals surface area contributed by atoms with Crippen LogP contribution in [0.5, 0.6) is 0 Å². The minimum absolute atomic E-state index is 0.0721. The zero-order valence-electron chi connectivity index (χ0n) is 53.1. The first-order chi connectivity index (χ1) is 39.5. The Morgan fingerprint density at radius 1 is 0.263 bits per heavy atom. The first-order valence-corrected chi connectivity index (χ1v) is 34.6. The molecule has 0 aromatic heterocycles. The second-order valence-electron chi connectivity index (χ2n) is 23.1. The lowest BCUT2D eigenvalue weighted by molar-refractivity contribution is -0.167. The van der Waals surface area contributed by atoms with Gasteiger partial charge in [-0.3, -0.25) is 14.4 Å². The normalized spacial score (nSPS) is 12.6. The number of rotatable bonds is 63. The molecule has 80 heavy (non-hydrogen) atoms. The van der Waals surface area contributed by atoms with E-state index in [9.17, 15) is 14.4 Å². The maximum atomic E-state index is 12.9. The minimum Gasteiger partial charge on any atom is -0.462 e. The topological polar surface area (TPSA) is 78.9 Å². The highest BCUT2D eigenvalue weighted by molar-refractivity contribution is 5.71. The molecule has 6 nitrogen and oxygen atoms in total. The Morgan fingerprint density at radius 2 is 0.487 bits per heavy atom. The van der Waals surface area contributed by atoms with E-state index in [1.807, 2.05) is 0 Å². The highest BCUT2D eigenvalue weighted by Gasteiger charge is 2.19. The number of hydrogen-bond donors (Lipinski definition) is 0. The number of esters is 3. The highest BCUT2D eigenvalue weighted by Crippen LogP contribution is 2.18. The SMILES string of the molecule is CC/C=C\C/C=C\C/C=C\C/C=C\C/C=C\C/C=C\C/C=C\CCCCCCCCCCCC(=O)OCC(COC(=O)CCCCCCCCCCCCCCCC)OC(=O)CCCCCCCCCCCCCCCCCCC. The summed E-state index contributed by atoms with van der Waals surface area (Å²) in [6.07, 6.45) is 90.3. The lowest BCUT2D eigenvalue weighted by atomic mass is 10.0. The standard InChI is InChI=1S/C74H130O6/c1-4-7-10-13-16-19-22-25-28-30-31-32-33-34-35-36-37-38-39-40-41-42-43-45-46-49-52-55-58-61-64-67-73(76)79-70-71(69-78-72(75)66-63-60-57-54-51-48-27-24-21-18-15-12-9-6-3)80-74(77)68-65-62-59-56-53-50-47-44-29-26-23-20-17-14-11-8-5-2/h7,10,16,19,25,28,31-32,34-35,37-38,40-41,71H,4-6,8-9,11-15,17-18,20-24,26-27,29-30,33,36,39,42-70H2,1-3H3/b10-7-,19-16-,28-25-,32-31-,35-34-,38-37-,41-40-. The molecule has 0 amide bonds. The molecule has 462 valence electrons. The number of unbranched alkanes of at least 4 members (excludes halogenated alkanes) is 38. The third kappa shape index (κ3) is 65.4. The molecule has 6 heteroatoms. The molecule has 0 aliphatic carbocycles. The number of carbonyl (C=O) groups is 3. The maximum absolute atomic E-state index is 12.9. The summed E-state index contributed by atoms with van der Waals surface area (Å²) in [7, 11) is 0. The van der Waals surface area contributed by atoms with Crippen LogP contribution in [-0.4, -0.2) is 37.2 Å². The van der Waals surface area contributed by atoms with E-state index in [1.165, 1.54) is 199 Å². The van der Waals surface area contributed by atoms with E-state index in [1.54, 1.807) is 0 Å². The van der Waals surface area contributed by atoms with Crippen LogP contribution in [0.2, 0.25) is 0 Å². The molecule has 0 aliphatic rings. The molecule has 0 aromatic rings. The van der Waals surface area contributed by atoms with Gasteiger partial charge in [-0.05, 0) is 77.0 Å². The van der Waals surface area contributed by atoms with Gasteiger partial charge in [0, 0.05) is 19.3 Å². The number of hydrogen-bond acceptors (Lipinski definition) is 6. The summed E-state index contributed by atoms with van der Waals surface area (Å²) in [6.45, 7) is 6.57. The Hall–Kier alpha value is -3.41. The first-order valence-electron chi connectivity index (χ1n) is 34.6. The van der Waals surface area contributed by atoms with Gasteiger partial charge in [-0.15, -0.1) is 0 Å². The lowest BCUT2D eigenvalue weighted by Crippen LogP contribution is -2.30. The summed E-state index contributed by atoms with van der Waals surface area (Å²) < 4.78 is 17.0. The molecule has 0 fully saturated rings. The van der Waals surface area contributed by atoms with Gasteiger partial charge in [0.25, 0.3) is 0 Å². The van der Waals surface area contributed by atoms with Crippen LogP contribution in [-0.2, 0) is 28.6 Å². The van der Waals surface area contributed by atoms with Gasteiger partial charge >= 0.3 is 17.9 Å². The third-order valence-corrected chi connectivity index (χ3v) is 15.2. The smallest absolute Gasteiger partial charge is 0.306 e. The number of ether oxygens (including phenoxy) is 3. The molecule has 0 saturated heterocycles. The van der Waals surface area contributed by atoms with Gasteiger partial charge in [0.1, 0.15) is 13.2 Å². The predicted octanol–water partition coefficient (Wildman–Crippen LogP) is 23.8. The second-order valence-corrected chi connectivity index (χ2v) is 23.1. The molecule has 1 unspecified atom stereocenters. The van der Waals surface area contributed by atoms with E-state index in [0.717, 1.165) is 109 Å². The van der Waals surface area contributed by atoms with Crippen LogP contribution in [0.1, 0.15) is 348 Å². The summed E-state index contributed by atoms with van der Waals surface area (Å²) in [5.41, 5.74) is 0. The van der Waals surface area contributed by atoms with E-state index < -0.39 is 6.10 Å². The van der Waals surface area contributed by atoms with Crippen LogP contribution in [0.3, 0.4) is 0 Å². The van der Waals surface area contributed by atoms with Crippen molar-refractivity contribution in [1.29, 1.82) is 0 Å². The Bertz CT molecular complexity index is 1520. The zero-order chi connectivity index (χ0) is 57.8. The van der Waals surface area contributed by atoms with Gasteiger partial charge in [0.15, 0.2) is 6.10 Å². The van der Waals surface area contributed by atoms with Crippen LogP contribution in [0, 0.1) is 0 Å². The Kier molecular flexibility index (Phi) is 65.2. The van der Waals surface area contributed by atoms with Crippen molar-refractivity contribution in [2.24, 2.45) is 0 Å². The average Bonchev–Trinajstić information content (AvgIpc) is 3.46. The summed E-state index contributed by atoms with van der Waals surface area (Å²) in [4.78, 5) is 38.4. The van der Waals surface area contributed by atoms with Crippen molar-refractivity contribution < 1.29 is 28.6 Å². The summed E-state index contributed by atoms with van der Waals surface area (Å²) in [5.74, 6) is -0.857. The largest absolute Gasteiger partial charge is 0.462 e. The predicted molar refractivity (Wildman–Crippen MR) is 348 cm³/mol. The molecule has 1 atom stereocenters. The fraction of sp³-hybridized carbons (Fsp3) is 0.770. The average molecular weight is 1120 g/mol. The van der Waals surface area contributed by atoms with Crippen molar-refractivity contribution in [2.75, 3.05) is 13.2 Å². The molecule has 0 aromatic carbocycles. The number of allylic oxidation sites excluding steroid dienone is 14. The minimum atomic E-state index is -0.776. The van der Waals surface area contributed by atoms with Crippen LogP contribution in [0.25, 0.3) is 0 Å². The van der Waals surface area contributed by atoms with Crippen molar-refractivity contribution >= 4 is 17.9 Å². The Morgan fingerprint density at radius 3 is 0.762 bits per heavy atom. The van der Waals surface area contributed by atoms with Crippen molar-refractivity contribution in [3.63, 3.8) is 0 Å². The van der Waals surface area contributed by atoms with Crippen LogP contribution in [0.4, 0.5) is 0 Å². The summed E-state index contributed by atoms with van der Waals surface area (Å²) in [6, 6.07) is 0. The molecule has 0 rings (SSSR count). The maximum Gasteiger partial charge on any atom is 0.306 e. The van der Waals surface area contributed by atoms with E-state index in [-0.39, 0.29) is 31.1 Å². The lowest BCUT2D eigenvalue weighted by Gasteiger charge is -2.18. The third-order valence-electron chi connectivity index (χ3n) is 15.2. The zero-order valence-corrected chi connectivity index (χ0v) is 53.1. The van der Waals surface area contributed by atoms with Gasteiger partial charge in [-0.2, -0.15) is 0 Å². The van der Waals surface area contributed by atoms with E-state index in [4.69, 9.17) is 14.2 Å². The van der Waals surface area contributed by atoms with Gasteiger partial charge in [0.05, 0.1) is 0 Å². The Labute approximate surface area is 496 Å². The second kappa shape index (κ2) is 68.1. The molecule has 0 heterocycles. The summed E-state index contributed by atoms with van der Waals surface area (Å²) >= 11 is 0. The van der Waals surface area contributed by atoms with E-state index in [2.05, 4.69) is 106 Å². The number of carbonyl (C=O) groups excluding carboxylic acids is 3. The fourth-order valence-corrected chi connectivity index (χ4v) is 10.0. The van der Waals surface area contributed by atoms with Crippen LogP contribution >= 0.6 is 0 Å². The highest BCUT2D eigenvalue weighted by atomic mass is 16.6. The molecule has 0 radical (unpaired) electrons. The van der Waals surface area contributed by atoms with Crippen molar-refractivity contribution in [3.05, 3.63) is 85.1 Å². The molecular formula is C74H130O6. The molecule has 0 spiro atoms. The van der Waals surface area contributed by atoms with Gasteiger partial charge in [-0.1, -0.05) is 337 Å². The Balaban J connectivity index is 4.26. The quantitative estimate of drug-likeness (QED) is 0.0261. The van der Waals surface area contributed by atoms with E-state index in [0.29, 0.717) is 19.3 Å². The van der Waals surface area contributed by atoms with Crippen molar-refractivity contribution in [3.8, 4) is 0 Å². The van der Waals surface area contributed by atoms with Crippen LogP contribution < -0.4 is 0 Å². The molecule has 0 N–H and O–H groups in total. The van der Waals surface area contributed by atoms with E-state index >= 15 is 0 Å². The molecular weight excluding hydrogens is 985 g/mol. The van der Waals surface area contributed by atoms with Crippen molar-refractivity contribution in [1.82, 2.24) is 0 Å². The molecule has 0 aliphatic heterocycles. The molecule has 0 saturated carbocycles.